The van der Waals surface area contributed by atoms with Crippen molar-refractivity contribution in [2.24, 2.45) is 0 Å². The topological polar surface area (TPSA) is 46.6 Å². The molecule has 0 aliphatic rings. The molecule has 1 rings (SSSR count). The number of ether oxygens (including phenoxy) is 2. The summed E-state index contributed by atoms with van der Waals surface area (Å²) in [4.78, 5) is 3.03. The van der Waals surface area contributed by atoms with Crippen LogP contribution in [0.3, 0.4) is 0 Å². The zero-order valence-corrected chi connectivity index (χ0v) is 6.94. The van der Waals surface area contributed by atoms with Crippen LogP contribution in [0.25, 0.3) is 4.98 Å². The van der Waals surface area contributed by atoms with Crippen molar-refractivity contribution in [1.82, 2.24) is 0 Å². The van der Waals surface area contributed by atoms with Gasteiger partial charge in [0, 0.05) is 6.07 Å². The summed E-state index contributed by atoms with van der Waals surface area (Å²) in [5, 5.41) is 8.49. The molecule has 0 spiro atoms. The monoisotopic (exact) mass is 165 g/mol. The van der Waals surface area contributed by atoms with Gasteiger partial charge in [0.25, 0.3) is 0 Å². The molecule has 0 aromatic heterocycles. The lowest BCUT2D eigenvalue weighted by Gasteiger charge is -2.00. The fraction of sp³-hybridized carbons (Fsp3) is 0.250. The maximum atomic E-state index is 8.49. The van der Waals surface area contributed by atoms with Gasteiger partial charge < -0.3 is 9.47 Å². The van der Waals surface area contributed by atoms with E-state index in [4.69, 9.17) is 14.9 Å². The van der Waals surface area contributed by atoms with Gasteiger partial charge in [0.05, 0.1) is 26.4 Å². The van der Waals surface area contributed by atoms with E-state index in [1.807, 2.05) is 0 Å². The van der Waals surface area contributed by atoms with Crippen molar-refractivity contribution in [3.05, 3.63) is 23.2 Å². The molecule has 0 aliphatic heterocycles. The van der Waals surface area contributed by atoms with E-state index in [-0.39, 0.29) is 0 Å². The van der Waals surface area contributed by atoms with Crippen molar-refractivity contribution >= 4 is 5.69 Å². The van der Waals surface area contributed by atoms with Crippen LogP contribution in [0.5, 0.6) is 11.5 Å². The molecule has 0 heterocycles. The lowest BCUT2D eigenvalue weighted by atomic mass is 10.3. The number of methoxy groups -OCH3 is 2. The highest BCUT2D eigenvalue weighted by atomic mass is 16.5. The number of hydrogen-bond acceptors (Lipinski definition) is 3. The van der Waals surface area contributed by atoms with E-state index < -0.39 is 0 Å². The third kappa shape index (κ3) is 1.64. The van der Waals surface area contributed by atoms with Crippen LogP contribution in [0.1, 0.15) is 0 Å². The molecule has 0 saturated carbocycles. The second-order valence-corrected chi connectivity index (χ2v) is 2.17. The molecular formula is C8H9N2O2+. The van der Waals surface area contributed by atoms with E-state index in [9.17, 15) is 0 Å². The number of nitrogens with zero attached hydrogens (tertiary/aromatic N) is 2. The van der Waals surface area contributed by atoms with Crippen LogP contribution < -0.4 is 9.47 Å². The molecule has 12 heavy (non-hydrogen) atoms. The Kier molecular flexibility index (Phi) is 2.49. The van der Waals surface area contributed by atoms with Crippen LogP contribution in [-0.2, 0) is 0 Å². The standard InChI is InChI=1S/C8H9N2O2/c1-11-7-3-6(10-9)4-8(5-7)12-2/h3-5H,1-2H3/q+1. The summed E-state index contributed by atoms with van der Waals surface area (Å²) in [5.74, 6) is 1.20. The largest absolute Gasteiger partial charge is 0.496 e. The number of benzene rings is 1. The summed E-state index contributed by atoms with van der Waals surface area (Å²) in [6, 6.07) is 4.90. The molecule has 0 atom stereocenters. The first-order chi connectivity index (χ1) is 5.80. The molecule has 0 fully saturated rings. The normalized spacial score (nSPS) is 8.75. The van der Waals surface area contributed by atoms with Crippen LogP contribution >= 0.6 is 0 Å². The van der Waals surface area contributed by atoms with Gasteiger partial charge in [0.15, 0.2) is 4.98 Å². The van der Waals surface area contributed by atoms with Crippen molar-refractivity contribution in [3.63, 3.8) is 0 Å². The lowest BCUT2D eigenvalue weighted by Crippen LogP contribution is -1.85. The smallest absolute Gasteiger partial charge is 0.392 e. The molecule has 4 nitrogen and oxygen atoms in total. The van der Waals surface area contributed by atoms with E-state index in [1.54, 1.807) is 18.2 Å². The van der Waals surface area contributed by atoms with Gasteiger partial charge >= 0.3 is 5.69 Å². The van der Waals surface area contributed by atoms with Crippen LogP contribution in [-0.4, -0.2) is 14.2 Å². The van der Waals surface area contributed by atoms with Crippen LogP contribution in [0.4, 0.5) is 5.69 Å². The van der Waals surface area contributed by atoms with Gasteiger partial charge in [-0.25, -0.2) is 0 Å². The molecule has 0 unspecified atom stereocenters. The van der Waals surface area contributed by atoms with Gasteiger partial charge in [-0.1, -0.05) is 0 Å². The first kappa shape index (κ1) is 8.34. The quantitative estimate of drug-likeness (QED) is 0.631. The van der Waals surface area contributed by atoms with E-state index in [1.165, 1.54) is 14.2 Å². The highest BCUT2D eigenvalue weighted by Crippen LogP contribution is 2.27. The van der Waals surface area contributed by atoms with Gasteiger partial charge in [-0.05, 0) is 0 Å². The van der Waals surface area contributed by atoms with E-state index in [0.717, 1.165) is 0 Å². The summed E-state index contributed by atoms with van der Waals surface area (Å²) in [6.45, 7) is 0. The molecule has 0 bridgehead atoms. The Balaban J connectivity index is 3.12. The minimum absolute atomic E-state index is 0.409. The van der Waals surface area contributed by atoms with E-state index in [2.05, 4.69) is 4.98 Å². The third-order valence-corrected chi connectivity index (χ3v) is 1.45. The molecule has 1 aromatic carbocycles. The van der Waals surface area contributed by atoms with Crippen LogP contribution in [0.15, 0.2) is 18.2 Å². The molecule has 0 saturated heterocycles. The van der Waals surface area contributed by atoms with Crippen molar-refractivity contribution in [2.45, 2.75) is 0 Å². The number of hydrogen-bond donors (Lipinski definition) is 0. The second kappa shape index (κ2) is 3.58. The predicted molar refractivity (Wildman–Crippen MR) is 44.3 cm³/mol. The molecule has 0 aliphatic carbocycles. The minimum atomic E-state index is 0.409. The predicted octanol–water partition coefficient (Wildman–Crippen LogP) is 2.19. The SMILES string of the molecule is COc1cc([N+]#N)cc(OC)c1. The summed E-state index contributed by atoms with van der Waals surface area (Å²) in [5.41, 5.74) is 0.409. The van der Waals surface area contributed by atoms with Gasteiger partial charge in [0.1, 0.15) is 11.5 Å². The molecule has 4 heteroatoms. The summed E-state index contributed by atoms with van der Waals surface area (Å²) >= 11 is 0. The van der Waals surface area contributed by atoms with Crippen molar-refractivity contribution in [3.8, 4) is 11.5 Å². The summed E-state index contributed by atoms with van der Waals surface area (Å²) < 4.78 is 9.90. The lowest BCUT2D eigenvalue weighted by molar-refractivity contribution is 0.395. The Morgan fingerprint density at radius 1 is 1.08 bits per heavy atom. The molecule has 1 aromatic rings. The first-order valence-electron chi connectivity index (χ1n) is 3.38. The average Bonchev–Trinajstić information content (AvgIpc) is 2.16. The second-order valence-electron chi connectivity index (χ2n) is 2.17. The van der Waals surface area contributed by atoms with E-state index >= 15 is 0 Å². The highest BCUT2D eigenvalue weighted by molar-refractivity contribution is 5.53. The number of rotatable bonds is 2. The Bertz CT molecular complexity index is 295. The fourth-order valence-electron chi connectivity index (χ4n) is 0.850. The maximum absolute atomic E-state index is 8.49. The Morgan fingerprint density at radius 3 is 1.92 bits per heavy atom. The van der Waals surface area contributed by atoms with Crippen LogP contribution in [0, 0.1) is 5.39 Å². The zero-order chi connectivity index (χ0) is 8.97. The number of diazo groups is 1. The molecular weight excluding hydrogens is 156 g/mol. The maximum Gasteiger partial charge on any atom is 0.392 e. The third-order valence-electron chi connectivity index (χ3n) is 1.45. The summed E-state index contributed by atoms with van der Waals surface area (Å²) in [7, 11) is 3.08. The van der Waals surface area contributed by atoms with Crippen LogP contribution in [0.2, 0.25) is 0 Å². The summed E-state index contributed by atoms with van der Waals surface area (Å²) in [6.07, 6.45) is 0. The van der Waals surface area contributed by atoms with Gasteiger partial charge in [-0.2, -0.15) is 0 Å². The Morgan fingerprint density at radius 2 is 1.58 bits per heavy atom. The molecule has 0 radical (unpaired) electrons. The minimum Gasteiger partial charge on any atom is -0.496 e. The van der Waals surface area contributed by atoms with Gasteiger partial charge in [-0.15, -0.1) is 0 Å². The van der Waals surface area contributed by atoms with E-state index in [0.29, 0.717) is 17.2 Å². The van der Waals surface area contributed by atoms with Gasteiger partial charge in [-0.3, -0.25) is 0 Å². The van der Waals surface area contributed by atoms with Crippen molar-refractivity contribution in [2.75, 3.05) is 14.2 Å². The molecule has 62 valence electrons. The van der Waals surface area contributed by atoms with Gasteiger partial charge in [0.2, 0.25) is 5.39 Å². The molecule has 0 amide bonds. The highest BCUT2D eigenvalue weighted by Gasteiger charge is 2.09. The van der Waals surface area contributed by atoms with Crippen molar-refractivity contribution < 1.29 is 9.47 Å². The molecule has 0 N–H and O–H groups in total. The fourth-order valence-corrected chi connectivity index (χ4v) is 0.850. The Labute approximate surface area is 70.3 Å². The van der Waals surface area contributed by atoms with Crippen molar-refractivity contribution in [1.29, 1.82) is 5.39 Å². The average molecular weight is 165 g/mol. The first-order valence-corrected chi connectivity index (χ1v) is 3.38. The Hall–Kier alpha value is -1.76. The zero-order valence-electron chi connectivity index (χ0n) is 6.94.